The minimum Gasteiger partial charge on any atom is -0.427 e. The van der Waals surface area contributed by atoms with E-state index in [1.54, 1.807) is 7.11 Å². The molecule has 60 valence electrons. The molecule has 0 unspecified atom stereocenters. The molecule has 0 aliphatic heterocycles. The summed E-state index contributed by atoms with van der Waals surface area (Å²) in [6.45, 7) is 0. The van der Waals surface area contributed by atoms with Gasteiger partial charge in [-0.3, -0.25) is 0 Å². The summed E-state index contributed by atoms with van der Waals surface area (Å²) < 4.78 is 5.10. The largest absolute Gasteiger partial charge is 0.427 e. The number of hydrogen-bond donors (Lipinski definition) is 0. The number of rotatable bonds is 4. The first kappa shape index (κ1) is 8.49. The molecule has 0 saturated carbocycles. The third-order valence-corrected chi connectivity index (χ3v) is 2.71. The number of hydrogen-bond acceptors (Lipinski definition) is 1. The zero-order valence-corrected chi connectivity index (χ0v) is 8.33. The van der Waals surface area contributed by atoms with E-state index in [9.17, 15) is 0 Å². The van der Waals surface area contributed by atoms with Gasteiger partial charge in [-0.05, 0) is 18.0 Å². The van der Waals surface area contributed by atoms with Crippen LogP contribution in [0.25, 0.3) is 0 Å². The quantitative estimate of drug-likeness (QED) is 0.485. The third kappa shape index (κ3) is 3.35. The Hall–Kier alpha value is -0.603. The van der Waals surface area contributed by atoms with Crippen molar-refractivity contribution in [3.05, 3.63) is 35.9 Å². The zero-order valence-electron chi connectivity index (χ0n) is 6.92. The fourth-order valence-corrected chi connectivity index (χ4v) is 1.91. The summed E-state index contributed by atoms with van der Waals surface area (Å²) in [7, 11) is 1.58. The fraction of sp³-hybridized carbons (Fsp3) is 0.333. The van der Waals surface area contributed by atoms with Gasteiger partial charge in [-0.1, -0.05) is 30.3 Å². The molecule has 1 nitrogen and oxygen atoms in total. The molecular weight excluding hydrogens is 152 g/mol. The fourth-order valence-electron chi connectivity index (χ4n) is 1.07. The zero-order chi connectivity index (χ0) is 7.94. The van der Waals surface area contributed by atoms with Crippen LogP contribution in [0.4, 0.5) is 0 Å². The first-order chi connectivity index (χ1) is 5.43. The van der Waals surface area contributed by atoms with Crippen LogP contribution in [0.5, 0.6) is 0 Å². The van der Waals surface area contributed by atoms with E-state index in [0.717, 1.165) is 0 Å². The van der Waals surface area contributed by atoms with E-state index in [2.05, 4.69) is 30.3 Å². The molecule has 1 aromatic rings. The Balaban J connectivity index is 2.28. The van der Waals surface area contributed by atoms with Gasteiger partial charge in [0.05, 0.1) is 0 Å². The van der Waals surface area contributed by atoms with Crippen molar-refractivity contribution < 1.29 is 4.43 Å². The summed E-state index contributed by atoms with van der Waals surface area (Å²) in [6, 6.07) is 11.8. The second-order valence-corrected chi connectivity index (χ2v) is 4.27. The van der Waals surface area contributed by atoms with Crippen LogP contribution in [0.3, 0.4) is 0 Å². The highest BCUT2D eigenvalue weighted by molar-refractivity contribution is 6.26. The molecule has 0 saturated heterocycles. The summed E-state index contributed by atoms with van der Waals surface area (Å²) >= 11 is 0. The molecule has 0 aromatic heterocycles. The highest BCUT2D eigenvalue weighted by atomic mass is 28.2. The summed E-state index contributed by atoms with van der Waals surface area (Å²) in [5.41, 5.74) is 1.43. The number of benzene rings is 1. The first-order valence-electron chi connectivity index (χ1n) is 3.96. The van der Waals surface area contributed by atoms with Crippen molar-refractivity contribution >= 4 is 9.76 Å². The van der Waals surface area contributed by atoms with Crippen molar-refractivity contribution in [2.45, 2.75) is 12.5 Å². The molecule has 1 rings (SSSR count). The molecule has 1 aromatic carbocycles. The maximum atomic E-state index is 5.10. The molecule has 0 radical (unpaired) electrons. The average molecular weight is 166 g/mol. The van der Waals surface area contributed by atoms with Gasteiger partial charge < -0.3 is 4.43 Å². The molecule has 0 atom stereocenters. The molecule has 0 spiro atoms. The van der Waals surface area contributed by atoms with E-state index < -0.39 is 0 Å². The lowest BCUT2D eigenvalue weighted by Crippen LogP contribution is -1.94. The second-order valence-electron chi connectivity index (χ2n) is 2.58. The Labute approximate surface area is 70.3 Å². The predicted octanol–water partition coefficient (Wildman–Crippen LogP) is 1.38. The molecule has 0 heterocycles. The Morgan fingerprint density at radius 2 is 2.00 bits per heavy atom. The van der Waals surface area contributed by atoms with Crippen LogP contribution in [0, 0.1) is 0 Å². The SMILES string of the molecule is CO[SiH2]CCc1ccccc1. The number of aryl methyl sites for hydroxylation is 1. The maximum Gasteiger partial charge on any atom is 0.161 e. The van der Waals surface area contributed by atoms with Crippen molar-refractivity contribution in [2.24, 2.45) is 0 Å². The van der Waals surface area contributed by atoms with Crippen LogP contribution in [0.2, 0.25) is 6.04 Å². The van der Waals surface area contributed by atoms with Crippen LogP contribution in [0.1, 0.15) is 5.56 Å². The Morgan fingerprint density at radius 1 is 1.27 bits per heavy atom. The molecule has 0 aliphatic carbocycles. The van der Waals surface area contributed by atoms with Crippen molar-refractivity contribution in [3.63, 3.8) is 0 Å². The average Bonchev–Trinajstić information content (AvgIpc) is 2.07. The molecule has 2 heteroatoms. The Kier molecular flexibility index (Phi) is 3.94. The van der Waals surface area contributed by atoms with Crippen molar-refractivity contribution in [2.75, 3.05) is 7.11 Å². The van der Waals surface area contributed by atoms with Gasteiger partial charge in [0.2, 0.25) is 0 Å². The minimum atomic E-state index is -0.222. The molecule has 0 fully saturated rings. The monoisotopic (exact) mass is 166 g/mol. The molecule has 11 heavy (non-hydrogen) atoms. The van der Waals surface area contributed by atoms with Crippen molar-refractivity contribution in [3.8, 4) is 0 Å². The summed E-state index contributed by atoms with van der Waals surface area (Å²) in [5.74, 6) is 0. The topological polar surface area (TPSA) is 9.23 Å². The van der Waals surface area contributed by atoms with Gasteiger partial charge in [-0.15, -0.1) is 0 Å². The van der Waals surface area contributed by atoms with Gasteiger partial charge in [0.15, 0.2) is 9.76 Å². The standard InChI is InChI=1S/C9H14OSi/c1-10-11-8-7-9-5-3-2-4-6-9/h2-6H,7-8,11H2,1H3. The van der Waals surface area contributed by atoms with Crippen molar-refractivity contribution in [1.82, 2.24) is 0 Å². The van der Waals surface area contributed by atoms with Crippen LogP contribution in [-0.2, 0) is 10.8 Å². The van der Waals surface area contributed by atoms with Crippen LogP contribution in [-0.4, -0.2) is 16.9 Å². The van der Waals surface area contributed by atoms with Crippen LogP contribution < -0.4 is 0 Å². The van der Waals surface area contributed by atoms with Crippen molar-refractivity contribution in [1.29, 1.82) is 0 Å². The van der Waals surface area contributed by atoms with Gasteiger partial charge in [0.1, 0.15) is 0 Å². The minimum absolute atomic E-state index is 0.222. The van der Waals surface area contributed by atoms with E-state index in [1.165, 1.54) is 18.0 Å². The summed E-state index contributed by atoms with van der Waals surface area (Å²) in [5, 5.41) is 0. The molecule has 0 N–H and O–H groups in total. The smallest absolute Gasteiger partial charge is 0.161 e. The summed E-state index contributed by atoms with van der Waals surface area (Å²) in [4.78, 5) is 0. The van der Waals surface area contributed by atoms with E-state index in [-0.39, 0.29) is 9.76 Å². The Morgan fingerprint density at radius 3 is 2.64 bits per heavy atom. The third-order valence-electron chi connectivity index (χ3n) is 1.66. The Bertz CT molecular complexity index is 186. The highest BCUT2D eigenvalue weighted by Gasteiger charge is 1.90. The first-order valence-corrected chi connectivity index (χ1v) is 5.54. The van der Waals surface area contributed by atoms with E-state index in [0.29, 0.717) is 0 Å². The second kappa shape index (κ2) is 5.10. The molecule has 0 aliphatic rings. The van der Waals surface area contributed by atoms with E-state index in [1.807, 2.05) is 0 Å². The van der Waals surface area contributed by atoms with Gasteiger partial charge in [0, 0.05) is 7.11 Å². The van der Waals surface area contributed by atoms with Crippen LogP contribution in [0.15, 0.2) is 30.3 Å². The lowest BCUT2D eigenvalue weighted by Gasteiger charge is -1.98. The maximum absolute atomic E-state index is 5.10. The predicted molar refractivity (Wildman–Crippen MR) is 50.5 cm³/mol. The summed E-state index contributed by atoms with van der Waals surface area (Å²) in [6.07, 6.45) is 1.18. The van der Waals surface area contributed by atoms with Gasteiger partial charge >= 0.3 is 0 Å². The van der Waals surface area contributed by atoms with Gasteiger partial charge in [-0.2, -0.15) is 0 Å². The molecule has 0 amide bonds. The van der Waals surface area contributed by atoms with E-state index in [4.69, 9.17) is 4.43 Å². The molecule has 0 bridgehead atoms. The molecular formula is C9H14OSi. The lowest BCUT2D eigenvalue weighted by molar-refractivity contribution is 0.440. The lowest BCUT2D eigenvalue weighted by atomic mass is 10.2. The van der Waals surface area contributed by atoms with E-state index >= 15 is 0 Å². The normalized spacial score (nSPS) is 11.0. The van der Waals surface area contributed by atoms with Crippen LogP contribution >= 0.6 is 0 Å². The van der Waals surface area contributed by atoms with Gasteiger partial charge in [-0.25, -0.2) is 0 Å². The van der Waals surface area contributed by atoms with Gasteiger partial charge in [0.25, 0.3) is 0 Å². The highest BCUT2D eigenvalue weighted by Crippen LogP contribution is 2.01.